The molecule has 0 bridgehead atoms. The van der Waals surface area contributed by atoms with Crippen molar-refractivity contribution in [1.29, 1.82) is 5.26 Å². The highest BCUT2D eigenvalue weighted by atomic mass is 16.3. The van der Waals surface area contributed by atoms with Gasteiger partial charge in [0.2, 0.25) is 0 Å². The van der Waals surface area contributed by atoms with Crippen LogP contribution in [-0.4, -0.2) is 24.3 Å². The first-order valence-electron chi connectivity index (χ1n) is 5.36. The summed E-state index contributed by atoms with van der Waals surface area (Å²) in [5.41, 5.74) is 1.01. The summed E-state index contributed by atoms with van der Waals surface area (Å²) in [6, 6.07) is 9.59. The van der Waals surface area contributed by atoms with Crippen LogP contribution in [0.2, 0.25) is 0 Å². The van der Waals surface area contributed by atoms with Crippen LogP contribution < -0.4 is 4.90 Å². The monoisotopic (exact) mass is 218 g/mol. The topological polar surface area (TPSA) is 47.3 Å². The molecule has 0 aliphatic heterocycles. The Hall–Kier alpha value is -1.53. The molecule has 0 atom stereocenters. The van der Waals surface area contributed by atoms with E-state index in [0.29, 0.717) is 12.0 Å². The number of nitriles is 1. The van der Waals surface area contributed by atoms with Gasteiger partial charge in [-0.05, 0) is 38.5 Å². The highest BCUT2D eigenvalue weighted by molar-refractivity contribution is 5.50. The summed E-state index contributed by atoms with van der Waals surface area (Å²) in [5.74, 6) is 0. The zero-order valence-corrected chi connectivity index (χ0v) is 10.1. The van der Waals surface area contributed by atoms with E-state index in [1.54, 1.807) is 19.9 Å². The average Bonchev–Trinajstić information content (AvgIpc) is 2.25. The van der Waals surface area contributed by atoms with Crippen molar-refractivity contribution in [3.63, 3.8) is 0 Å². The minimum Gasteiger partial charge on any atom is -0.390 e. The molecule has 0 aromatic heterocycles. The molecule has 1 aromatic carbocycles. The molecule has 0 spiro atoms. The number of aliphatic hydroxyl groups is 1. The molecule has 86 valence electrons. The Kier molecular flexibility index (Phi) is 3.92. The summed E-state index contributed by atoms with van der Waals surface area (Å²) >= 11 is 0. The summed E-state index contributed by atoms with van der Waals surface area (Å²) in [4.78, 5) is 2.04. The van der Waals surface area contributed by atoms with E-state index in [-0.39, 0.29) is 0 Å². The molecule has 1 aromatic rings. The molecule has 3 heteroatoms. The van der Waals surface area contributed by atoms with Crippen molar-refractivity contribution in [2.75, 3.05) is 18.5 Å². The van der Waals surface area contributed by atoms with Crippen molar-refractivity contribution in [2.24, 2.45) is 0 Å². The van der Waals surface area contributed by atoms with Crippen LogP contribution in [0, 0.1) is 11.3 Å². The number of anilines is 1. The molecular formula is C13H18N2O. The van der Waals surface area contributed by atoms with Crippen LogP contribution in [0.15, 0.2) is 24.3 Å². The van der Waals surface area contributed by atoms with Crippen LogP contribution in [0.25, 0.3) is 0 Å². The van der Waals surface area contributed by atoms with Crippen LogP contribution in [0.1, 0.15) is 25.8 Å². The molecule has 0 saturated heterocycles. The van der Waals surface area contributed by atoms with Gasteiger partial charge < -0.3 is 10.0 Å². The first kappa shape index (κ1) is 12.5. The number of rotatable bonds is 4. The molecule has 0 saturated carbocycles. The zero-order chi connectivity index (χ0) is 12.2. The lowest BCUT2D eigenvalue weighted by Crippen LogP contribution is -2.28. The van der Waals surface area contributed by atoms with Gasteiger partial charge in [0.05, 0.1) is 17.2 Å². The van der Waals surface area contributed by atoms with Gasteiger partial charge in [-0.15, -0.1) is 0 Å². The highest BCUT2D eigenvalue weighted by Crippen LogP contribution is 2.16. The van der Waals surface area contributed by atoms with Gasteiger partial charge in [-0.3, -0.25) is 0 Å². The SMILES string of the molecule is CN(CCC(C)(C)O)c1cccc(C#N)c1. The van der Waals surface area contributed by atoms with E-state index >= 15 is 0 Å². The Morgan fingerprint density at radius 1 is 1.44 bits per heavy atom. The van der Waals surface area contributed by atoms with E-state index in [1.807, 2.05) is 30.1 Å². The molecule has 0 unspecified atom stereocenters. The largest absolute Gasteiger partial charge is 0.390 e. The van der Waals surface area contributed by atoms with Crippen molar-refractivity contribution in [3.8, 4) is 6.07 Å². The van der Waals surface area contributed by atoms with Crippen LogP contribution in [0.4, 0.5) is 5.69 Å². The third-order valence-electron chi connectivity index (χ3n) is 2.48. The van der Waals surface area contributed by atoms with Gasteiger partial charge in [0.1, 0.15) is 0 Å². The van der Waals surface area contributed by atoms with Gasteiger partial charge in [0.25, 0.3) is 0 Å². The molecule has 0 radical (unpaired) electrons. The van der Waals surface area contributed by atoms with E-state index in [0.717, 1.165) is 12.2 Å². The molecule has 1 rings (SSSR count). The first-order chi connectivity index (χ1) is 7.42. The average molecular weight is 218 g/mol. The molecule has 3 nitrogen and oxygen atoms in total. The van der Waals surface area contributed by atoms with E-state index < -0.39 is 5.60 Å². The lowest BCUT2D eigenvalue weighted by Gasteiger charge is -2.24. The Morgan fingerprint density at radius 3 is 2.69 bits per heavy atom. The molecule has 1 N–H and O–H groups in total. The van der Waals surface area contributed by atoms with Gasteiger partial charge in [0.15, 0.2) is 0 Å². The lowest BCUT2D eigenvalue weighted by molar-refractivity contribution is 0.0734. The standard InChI is InChI=1S/C13H18N2O/c1-13(2,16)7-8-15(3)12-6-4-5-11(9-12)10-14/h4-6,9,16H,7-8H2,1-3H3. The normalized spacial score (nSPS) is 10.9. The maximum Gasteiger partial charge on any atom is 0.0992 e. The second kappa shape index (κ2) is 5.00. The first-order valence-corrected chi connectivity index (χ1v) is 5.36. The van der Waals surface area contributed by atoms with Crippen LogP contribution in [0.3, 0.4) is 0 Å². The fraction of sp³-hybridized carbons (Fsp3) is 0.462. The summed E-state index contributed by atoms with van der Waals surface area (Å²) in [7, 11) is 1.96. The van der Waals surface area contributed by atoms with Gasteiger partial charge in [0, 0.05) is 19.3 Å². The van der Waals surface area contributed by atoms with Gasteiger partial charge in [-0.2, -0.15) is 5.26 Å². The van der Waals surface area contributed by atoms with Gasteiger partial charge in [-0.25, -0.2) is 0 Å². The molecule has 0 amide bonds. The van der Waals surface area contributed by atoms with Crippen molar-refractivity contribution in [3.05, 3.63) is 29.8 Å². The molecular weight excluding hydrogens is 200 g/mol. The number of nitrogens with zero attached hydrogens (tertiary/aromatic N) is 2. The Balaban J connectivity index is 2.66. The second-order valence-corrected chi connectivity index (χ2v) is 4.65. The quantitative estimate of drug-likeness (QED) is 0.842. The summed E-state index contributed by atoms with van der Waals surface area (Å²) in [5, 5.41) is 18.4. The molecule has 0 heterocycles. The van der Waals surface area contributed by atoms with Crippen LogP contribution >= 0.6 is 0 Å². The lowest BCUT2D eigenvalue weighted by atomic mass is 10.1. The van der Waals surface area contributed by atoms with Crippen LogP contribution in [-0.2, 0) is 0 Å². The predicted molar refractivity (Wildman–Crippen MR) is 65.3 cm³/mol. The minimum atomic E-state index is -0.652. The maximum atomic E-state index is 9.64. The smallest absolute Gasteiger partial charge is 0.0992 e. The molecule has 0 fully saturated rings. The summed E-state index contributed by atoms with van der Waals surface area (Å²) in [6.45, 7) is 4.36. The molecule has 0 aliphatic rings. The third-order valence-corrected chi connectivity index (χ3v) is 2.48. The molecule has 16 heavy (non-hydrogen) atoms. The highest BCUT2D eigenvalue weighted by Gasteiger charge is 2.13. The van der Waals surface area contributed by atoms with E-state index in [9.17, 15) is 5.11 Å². The summed E-state index contributed by atoms with van der Waals surface area (Å²) in [6.07, 6.45) is 0.695. The minimum absolute atomic E-state index is 0.652. The Morgan fingerprint density at radius 2 is 2.12 bits per heavy atom. The number of hydrogen-bond donors (Lipinski definition) is 1. The van der Waals surface area contributed by atoms with Gasteiger partial charge >= 0.3 is 0 Å². The van der Waals surface area contributed by atoms with Crippen LogP contribution in [0.5, 0.6) is 0 Å². The third kappa shape index (κ3) is 3.92. The fourth-order valence-electron chi connectivity index (χ4n) is 1.38. The molecule has 0 aliphatic carbocycles. The van der Waals surface area contributed by atoms with E-state index in [1.165, 1.54) is 0 Å². The van der Waals surface area contributed by atoms with Crippen molar-refractivity contribution >= 4 is 5.69 Å². The number of benzene rings is 1. The predicted octanol–water partition coefficient (Wildman–Crippen LogP) is 2.16. The Bertz CT molecular complexity index is 388. The van der Waals surface area contributed by atoms with Crippen molar-refractivity contribution in [2.45, 2.75) is 25.9 Å². The second-order valence-electron chi connectivity index (χ2n) is 4.65. The Labute approximate surface area is 96.9 Å². The van der Waals surface area contributed by atoms with Crippen molar-refractivity contribution in [1.82, 2.24) is 0 Å². The fourth-order valence-corrected chi connectivity index (χ4v) is 1.38. The van der Waals surface area contributed by atoms with Crippen molar-refractivity contribution < 1.29 is 5.11 Å². The maximum absolute atomic E-state index is 9.64. The zero-order valence-electron chi connectivity index (χ0n) is 10.1. The van der Waals surface area contributed by atoms with Gasteiger partial charge in [-0.1, -0.05) is 6.07 Å². The van der Waals surface area contributed by atoms with E-state index in [4.69, 9.17) is 5.26 Å². The summed E-state index contributed by atoms with van der Waals surface area (Å²) < 4.78 is 0. The number of hydrogen-bond acceptors (Lipinski definition) is 3. The van der Waals surface area contributed by atoms with E-state index in [2.05, 4.69) is 6.07 Å².